The van der Waals surface area contributed by atoms with Crippen LogP contribution in [0.15, 0.2) is 35.2 Å². The van der Waals surface area contributed by atoms with Gasteiger partial charge in [-0.2, -0.15) is 5.10 Å². The summed E-state index contributed by atoms with van der Waals surface area (Å²) in [6.45, 7) is 3.73. The van der Waals surface area contributed by atoms with Crippen LogP contribution in [0.1, 0.15) is 16.2 Å². The number of aromatic amines is 1. The summed E-state index contributed by atoms with van der Waals surface area (Å²) < 4.78 is 46.9. The molecule has 0 aromatic carbocycles. The fourth-order valence-electron chi connectivity index (χ4n) is 3.00. The van der Waals surface area contributed by atoms with Crippen LogP contribution in [0.5, 0.6) is 0 Å². The lowest BCUT2D eigenvalue weighted by molar-refractivity contribution is 0.0179. The summed E-state index contributed by atoms with van der Waals surface area (Å²) in [5, 5.41) is 11.8. The van der Waals surface area contributed by atoms with Crippen molar-refractivity contribution < 1.29 is 32.2 Å². The Hall–Kier alpha value is -3.46. The van der Waals surface area contributed by atoms with Crippen molar-refractivity contribution in [3.63, 3.8) is 0 Å². The first-order chi connectivity index (χ1) is 17.6. The van der Waals surface area contributed by atoms with E-state index in [-0.39, 0.29) is 23.0 Å². The number of halogens is 2. The molecule has 0 atom stereocenters. The number of rotatable bonds is 17. The molecule has 12 nitrogen and oxygen atoms in total. The average molecular weight is 510 g/mol. The number of carbonyl (C=O) groups is 1. The first-order valence-electron chi connectivity index (χ1n) is 11.3. The number of alkyl halides is 2. The molecule has 0 aliphatic heterocycles. The highest BCUT2D eigenvalue weighted by atomic mass is 19.3. The molecule has 0 bridgehead atoms. The predicted molar refractivity (Wildman–Crippen MR) is 126 cm³/mol. The molecule has 0 aliphatic rings. The van der Waals surface area contributed by atoms with E-state index in [1.54, 1.807) is 18.3 Å². The number of aromatic nitrogens is 4. The maximum absolute atomic E-state index is 12.7. The Labute approximate surface area is 205 Å². The molecule has 5 N–H and O–H groups in total. The van der Waals surface area contributed by atoms with E-state index in [1.165, 1.54) is 12.5 Å². The molecule has 3 rings (SSSR count). The molecule has 1 amide bonds. The molecule has 3 aromatic heterocycles. The second kappa shape index (κ2) is 14.8. The minimum absolute atomic E-state index is 0.0271. The number of amides is 1. The number of hydrogen-bond acceptors (Lipinski definition) is 10. The topological polar surface area (TPSA) is 162 Å². The second-order valence-electron chi connectivity index (χ2n) is 7.30. The summed E-state index contributed by atoms with van der Waals surface area (Å²) in [5.41, 5.74) is 6.11. The van der Waals surface area contributed by atoms with Crippen molar-refractivity contribution in [1.29, 1.82) is 0 Å². The lowest BCUT2D eigenvalue weighted by Crippen LogP contribution is -2.15. The highest BCUT2D eigenvalue weighted by Crippen LogP contribution is 2.25. The van der Waals surface area contributed by atoms with E-state index in [1.807, 2.05) is 0 Å². The van der Waals surface area contributed by atoms with Crippen LogP contribution >= 0.6 is 0 Å². The van der Waals surface area contributed by atoms with Crippen LogP contribution in [0.2, 0.25) is 0 Å². The number of oxazole rings is 1. The van der Waals surface area contributed by atoms with Crippen molar-refractivity contribution in [2.24, 2.45) is 5.73 Å². The smallest absolute Gasteiger partial charge is 0.277 e. The fourth-order valence-corrected chi connectivity index (χ4v) is 3.00. The van der Waals surface area contributed by atoms with Gasteiger partial charge in [-0.05, 0) is 12.1 Å². The zero-order chi connectivity index (χ0) is 25.6. The third-order valence-electron chi connectivity index (χ3n) is 4.64. The number of hydrogen-bond donors (Lipinski definition) is 4. The van der Waals surface area contributed by atoms with Gasteiger partial charge in [0.1, 0.15) is 12.1 Å². The van der Waals surface area contributed by atoms with Gasteiger partial charge in [0.05, 0.1) is 69.2 Å². The zero-order valence-corrected chi connectivity index (χ0v) is 19.5. The molecule has 0 unspecified atom stereocenters. The number of pyridine rings is 1. The second-order valence-corrected chi connectivity index (χ2v) is 7.30. The molecule has 3 aromatic rings. The number of nitrogens with one attached hydrogen (secondary N) is 3. The van der Waals surface area contributed by atoms with E-state index in [9.17, 15) is 13.6 Å². The number of carbonyl (C=O) groups excluding carboxylic acids is 1. The monoisotopic (exact) mass is 509 g/mol. The summed E-state index contributed by atoms with van der Waals surface area (Å²) in [4.78, 5) is 21.0. The number of anilines is 2. The van der Waals surface area contributed by atoms with E-state index in [4.69, 9.17) is 24.4 Å². The van der Waals surface area contributed by atoms with Gasteiger partial charge in [-0.15, -0.1) is 0 Å². The molecular weight excluding hydrogens is 480 g/mol. The molecule has 196 valence electrons. The Morgan fingerprint density at radius 2 is 1.89 bits per heavy atom. The van der Waals surface area contributed by atoms with Gasteiger partial charge in [0, 0.05) is 19.3 Å². The summed E-state index contributed by atoms with van der Waals surface area (Å²) in [7, 11) is 0. The van der Waals surface area contributed by atoms with Gasteiger partial charge in [0.2, 0.25) is 12.3 Å². The number of H-pyrrole nitrogens is 1. The molecular formula is C22H29F2N7O5. The van der Waals surface area contributed by atoms with Crippen molar-refractivity contribution >= 4 is 17.4 Å². The number of ether oxygens (including phenoxy) is 3. The van der Waals surface area contributed by atoms with Gasteiger partial charge >= 0.3 is 0 Å². The quantitative estimate of drug-likeness (QED) is 0.198. The first kappa shape index (κ1) is 27.1. The average Bonchev–Trinajstić information content (AvgIpc) is 3.52. The van der Waals surface area contributed by atoms with Crippen molar-refractivity contribution in [3.05, 3.63) is 42.2 Å². The first-order valence-corrected chi connectivity index (χ1v) is 11.3. The minimum atomic E-state index is -2.58. The van der Waals surface area contributed by atoms with Crippen LogP contribution in [0, 0.1) is 0 Å². The van der Waals surface area contributed by atoms with Gasteiger partial charge in [-0.3, -0.25) is 9.89 Å². The molecule has 0 fully saturated rings. The van der Waals surface area contributed by atoms with E-state index >= 15 is 0 Å². The highest BCUT2D eigenvalue weighted by molar-refractivity contribution is 6.03. The summed E-state index contributed by atoms with van der Waals surface area (Å²) in [5.74, 6) is 0.0427. The molecule has 14 heteroatoms. The van der Waals surface area contributed by atoms with Gasteiger partial charge in [0.15, 0.2) is 5.69 Å². The van der Waals surface area contributed by atoms with Crippen LogP contribution in [-0.4, -0.2) is 85.2 Å². The summed E-state index contributed by atoms with van der Waals surface area (Å²) in [6, 6.07) is 3.44. The third-order valence-corrected chi connectivity index (χ3v) is 4.64. The fraction of sp³-hybridized carbons (Fsp3) is 0.455. The molecule has 0 aliphatic carbocycles. The van der Waals surface area contributed by atoms with Gasteiger partial charge in [0.25, 0.3) is 5.91 Å². The maximum Gasteiger partial charge on any atom is 0.277 e. The predicted octanol–water partition coefficient (Wildman–Crippen LogP) is 1.94. The Kier molecular flexibility index (Phi) is 11.2. The highest BCUT2D eigenvalue weighted by Gasteiger charge is 2.19. The molecule has 3 heterocycles. The van der Waals surface area contributed by atoms with Crippen LogP contribution in [-0.2, 0) is 20.6 Å². The van der Waals surface area contributed by atoms with E-state index in [2.05, 4.69) is 30.8 Å². The Bertz CT molecular complexity index is 1060. The molecule has 0 spiro atoms. The van der Waals surface area contributed by atoms with Crippen molar-refractivity contribution in [3.8, 4) is 11.5 Å². The maximum atomic E-state index is 12.7. The summed E-state index contributed by atoms with van der Waals surface area (Å²) in [6.07, 6.45) is 0.893. The van der Waals surface area contributed by atoms with Gasteiger partial charge in [-0.25, -0.2) is 18.7 Å². The largest absolute Gasteiger partial charge is 0.443 e. The number of nitrogens with two attached hydrogens (primary N) is 1. The van der Waals surface area contributed by atoms with Crippen LogP contribution < -0.4 is 16.4 Å². The van der Waals surface area contributed by atoms with E-state index in [0.29, 0.717) is 64.1 Å². The van der Waals surface area contributed by atoms with Gasteiger partial charge in [-0.1, -0.05) is 0 Å². The normalized spacial score (nSPS) is 11.2. The molecule has 0 saturated heterocycles. The van der Waals surface area contributed by atoms with Gasteiger partial charge < -0.3 is 35.0 Å². The SMILES string of the molecule is NCCOCCOCCOCCNc1ncccc1-c1nc(C(=O)Nc2cn[nH]c2CC(F)F)co1. The lowest BCUT2D eigenvalue weighted by Gasteiger charge is -2.09. The number of nitrogens with zero attached hydrogens (tertiary/aromatic N) is 3. The van der Waals surface area contributed by atoms with Crippen molar-refractivity contribution in [1.82, 2.24) is 20.2 Å². The summed E-state index contributed by atoms with van der Waals surface area (Å²) >= 11 is 0. The molecule has 0 saturated carbocycles. The van der Waals surface area contributed by atoms with Crippen molar-refractivity contribution in [2.75, 3.05) is 63.4 Å². The van der Waals surface area contributed by atoms with E-state index in [0.717, 1.165) is 0 Å². The van der Waals surface area contributed by atoms with Crippen LogP contribution in [0.25, 0.3) is 11.5 Å². The zero-order valence-electron chi connectivity index (χ0n) is 19.5. The van der Waals surface area contributed by atoms with Crippen LogP contribution in [0.3, 0.4) is 0 Å². The standard InChI is InChI=1S/C22H29F2N7O5/c23-19(24)12-16-17(13-28-31-16)29-21(32)18-14-36-22(30-18)15-2-1-4-26-20(15)27-5-7-34-9-11-35-10-8-33-6-3-25/h1-2,4,13-14,19H,3,5-12,25H2,(H,26,27)(H,28,31)(H,29,32). The molecule has 0 radical (unpaired) electrons. The Balaban J connectivity index is 1.46. The third kappa shape index (κ3) is 8.64. The Morgan fingerprint density at radius 3 is 2.64 bits per heavy atom. The van der Waals surface area contributed by atoms with Crippen LogP contribution in [0.4, 0.5) is 20.3 Å². The lowest BCUT2D eigenvalue weighted by atomic mass is 10.2. The van der Waals surface area contributed by atoms with Crippen molar-refractivity contribution in [2.45, 2.75) is 12.8 Å². The minimum Gasteiger partial charge on any atom is -0.443 e. The molecule has 36 heavy (non-hydrogen) atoms. The van der Waals surface area contributed by atoms with E-state index < -0.39 is 18.8 Å². The Morgan fingerprint density at radius 1 is 1.14 bits per heavy atom.